The van der Waals surface area contributed by atoms with Crippen LogP contribution in [0.25, 0.3) is 22.4 Å². The third-order valence-corrected chi connectivity index (χ3v) is 17.2. The molecule has 2 saturated heterocycles. The van der Waals surface area contributed by atoms with Crippen molar-refractivity contribution < 1.29 is 23.9 Å². The number of benzene rings is 5. The van der Waals surface area contributed by atoms with Crippen LogP contribution in [0.5, 0.6) is 5.75 Å². The van der Waals surface area contributed by atoms with Crippen molar-refractivity contribution in [2.24, 2.45) is 17.8 Å². The number of phenolic OH excluding ortho intramolecular Hbond substituents is 1. The molecule has 0 unspecified atom stereocenters. The summed E-state index contributed by atoms with van der Waals surface area (Å²) < 4.78 is 14.2. The van der Waals surface area contributed by atoms with Gasteiger partial charge in [-0.3, -0.25) is 14.5 Å². The van der Waals surface area contributed by atoms with Gasteiger partial charge in [0.1, 0.15) is 5.75 Å². The molecule has 1 aliphatic carbocycles. The highest BCUT2D eigenvalue weighted by molar-refractivity contribution is 6.99. The second-order valence-electron chi connectivity index (χ2n) is 16.3. The first kappa shape index (κ1) is 36.9. The van der Waals surface area contributed by atoms with Crippen molar-refractivity contribution in [3.63, 3.8) is 0 Å². The predicted octanol–water partition coefficient (Wildman–Crippen LogP) is 8.39. The van der Waals surface area contributed by atoms with Gasteiger partial charge in [-0.2, -0.15) is 0 Å². The summed E-state index contributed by atoms with van der Waals surface area (Å²) in [5.41, 5.74) is 5.58. The maximum atomic E-state index is 13.7. The minimum Gasteiger partial charge on any atom is -0.507 e. The molecule has 280 valence electrons. The van der Waals surface area contributed by atoms with E-state index >= 15 is 0 Å². The number of carbonyl (C=O) groups is 2. The summed E-state index contributed by atoms with van der Waals surface area (Å²) in [7, 11) is -1.27. The van der Waals surface area contributed by atoms with Crippen LogP contribution in [0, 0.1) is 17.8 Å². The highest BCUT2D eigenvalue weighted by Gasteiger charge is 2.57. The van der Waals surface area contributed by atoms with E-state index in [4.69, 9.17) is 9.16 Å². The van der Waals surface area contributed by atoms with Crippen LogP contribution < -0.4 is 10.4 Å². The molecule has 2 heterocycles. The number of carbonyl (C=O) groups excluding carboxylic acids is 2. The Morgan fingerprint density at radius 2 is 1.40 bits per heavy atom. The fourth-order valence-corrected chi connectivity index (χ4v) is 14.1. The Bertz CT molecular complexity index is 2240. The van der Waals surface area contributed by atoms with Crippen molar-refractivity contribution in [2.75, 3.05) is 20.3 Å². The second kappa shape index (κ2) is 14.9. The summed E-state index contributed by atoms with van der Waals surface area (Å²) in [5, 5.41) is 14.6. The zero-order valence-corrected chi connectivity index (χ0v) is 33.1. The van der Waals surface area contributed by atoms with E-state index in [-0.39, 0.29) is 34.6 Å². The lowest BCUT2D eigenvalue weighted by molar-refractivity contribution is -0.138. The summed E-state index contributed by atoms with van der Waals surface area (Å²) in [6.07, 6.45) is 3.94. The largest absolute Gasteiger partial charge is 0.507 e. The van der Waals surface area contributed by atoms with Crippen LogP contribution in [0.15, 0.2) is 139 Å². The summed E-state index contributed by atoms with van der Waals surface area (Å²) >= 11 is 0. The van der Waals surface area contributed by atoms with Crippen LogP contribution in [0.3, 0.4) is 0 Å². The lowest BCUT2D eigenvalue weighted by Crippen LogP contribution is -2.66. The van der Waals surface area contributed by atoms with Gasteiger partial charge in [-0.25, -0.2) is 0 Å². The lowest BCUT2D eigenvalue weighted by atomic mass is 9.69. The SMILES string of the molecule is CN1C(=O)[C@@H]2[C@@H](CC(CO[Si](c3ccccc3)(c3ccccc3)C(C)(C)C)=C3[C@@H](CC/C(=C/c4ccc(O)c5ccccc45)c4ccccc4)OC[C@@H]32)C1=O. The molecule has 0 radical (unpaired) electrons. The van der Waals surface area contributed by atoms with Crippen LogP contribution in [-0.4, -0.2) is 56.5 Å². The Hall–Kier alpha value is -5.08. The average Bonchev–Trinajstić information content (AvgIpc) is 3.72. The fraction of sp³-hybridized carbons (Fsp3) is 0.292. The van der Waals surface area contributed by atoms with Gasteiger partial charge in [0.15, 0.2) is 0 Å². The maximum Gasteiger partial charge on any atom is 0.261 e. The predicted molar refractivity (Wildman–Crippen MR) is 222 cm³/mol. The summed E-state index contributed by atoms with van der Waals surface area (Å²) in [5.74, 6) is -0.933. The summed E-state index contributed by atoms with van der Waals surface area (Å²) in [6, 6.07) is 43.4. The van der Waals surface area contributed by atoms with Crippen LogP contribution in [0.1, 0.15) is 51.2 Å². The number of nitrogens with zero attached hydrogens (tertiary/aromatic N) is 1. The number of likely N-dealkylation sites (tertiary alicyclic amines) is 1. The number of imide groups is 1. The Kier molecular flexibility index (Phi) is 9.97. The van der Waals surface area contributed by atoms with Gasteiger partial charge in [0.2, 0.25) is 11.8 Å². The van der Waals surface area contributed by atoms with E-state index in [1.54, 1.807) is 13.1 Å². The standard InChI is InChI=1S/C48H49NO5Si/c1-48(2,3)55(36-18-10-6-11-19-36,37-20-12-7-13-21-37)54-30-35-29-40-45(47(52)49(4)46(40)51)41-31-53-43(44(35)41)27-25-33(32-16-8-5-9-17-32)28-34-24-26-42(50)39-23-15-14-22-38(34)39/h5-24,26,28,40-41,43,45,50H,25,27,29-31H2,1-4H3/b33-28-/t40-,41+,43-,45-/m1/s1. The van der Waals surface area contributed by atoms with Crippen molar-refractivity contribution in [2.45, 2.75) is 51.2 Å². The first-order valence-corrected chi connectivity index (χ1v) is 21.4. The van der Waals surface area contributed by atoms with Crippen molar-refractivity contribution in [1.29, 1.82) is 0 Å². The normalized spacial score (nSPS) is 21.7. The third kappa shape index (κ3) is 6.58. The number of phenols is 1. The van der Waals surface area contributed by atoms with Crippen LogP contribution in [0.4, 0.5) is 0 Å². The Balaban J connectivity index is 1.19. The van der Waals surface area contributed by atoms with E-state index in [2.05, 4.69) is 112 Å². The number of rotatable bonds is 10. The number of hydrogen-bond donors (Lipinski definition) is 1. The van der Waals surface area contributed by atoms with E-state index < -0.39 is 20.2 Å². The minimum atomic E-state index is -2.89. The van der Waals surface area contributed by atoms with Gasteiger partial charge in [0, 0.05) is 18.4 Å². The first-order chi connectivity index (χ1) is 26.6. The van der Waals surface area contributed by atoms with Crippen molar-refractivity contribution >= 4 is 52.9 Å². The minimum absolute atomic E-state index is 0.0993. The van der Waals surface area contributed by atoms with Gasteiger partial charge >= 0.3 is 0 Å². The highest BCUT2D eigenvalue weighted by atomic mass is 28.4. The molecule has 7 heteroatoms. The number of hydrogen-bond acceptors (Lipinski definition) is 5. The molecule has 6 nitrogen and oxygen atoms in total. The lowest BCUT2D eigenvalue weighted by Gasteiger charge is -2.44. The molecule has 2 amide bonds. The molecule has 1 N–H and O–H groups in total. The van der Waals surface area contributed by atoms with Crippen LogP contribution in [0.2, 0.25) is 5.04 Å². The maximum absolute atomic E-state index is 13.7. The molecular weight excluding hydrogens is 699 g/mol. The zero-order valence-electron chi connectivity index (χ0n) is 32.1. The molecule has 3 aliphatic rings. The molecule has 2 aliphatic heterocycles. The molecule has 5 aromatic carbocycles. The molecule has 0 saturated carbocycles. The number of fused-ring (bicyclic) bond motifs is 4. The molecule has 0 spiro atoms. The molecule has 2 fully saturated rings. The van der Waals surface area contributed by atoms with Gasteiger partial charge in [-0.15, -0.1) is 0 Å². The zero-order chi connectivity index (χ0) is 38.3. The smallest absolute Gasteiger partial charge is 0.261 e. The van der Waals surface area contributed by atoms with Crippen LogP contribution >= 0.6 is 0 Å². The fourth-order valence-electron chi connectivity index (χ4n) is 9.58. The molecule has 55 heavy (non-hydrogen) atoms. The molecule has 4 atom stereocenters. The van der Waals surface area contributed by atoms with E-state index in [0.29, 0.717) is 26.1 Å². The number of aromatic hydroxyl groups is 1. The highest BCUT2D eigenvalue weighted by Crippen LogP contribution is 2.50. The second-order valence-corrected chi connectivity index (χ2v) is 20.6. The van der Waals surface area contributed by atoms with Crippen molar-refractivity contribution in [3.05, 3.63) is 150 Å². The number of ether oxygens (including phenoxy) is 1. The van der Waals surface area contributed by atoms with Gasteiger partial charge in [0.05, 0.1) is 31.2 Å². The quantitative estimate of drug-likeness (QED) is 0.0673. The summed E-state index contributed by atoms with van der Waals surface area (Å²) in [4.78, 5) is 28.6. The Morgan fingerprint density at radius 3 is 2.04 bits per heavy atom. The molecule has 0 aromatic heterocycles. The monoisotopic (exact) mass is 747 g/mol. The van der Waals surface area contributed by atoms with E-state index in [1.165, 1.54) is 15.3 Å². The van der Waals surface area contributed by atoms with Gasteiger partial charge in [-0.05, 0) is 74.0 Å². The van der Waals surface area contributed by atoms with Gasteiger partial charge in [-0.1, -0.05) is 148 Å². The number of allylic oxidation sites excluding steroid dienone is 1. The Morgan fingerprint density at radius 1 is 0.800 bits per heavy atom. The van der Waals surface area contributed by atoms with Crippen molar-refractivity contribution in [1.82, 2.24) is 4.90 Å². The van der Waals surface area contributed by atoms with Crippen LogP contribution in [-0.2, 0) is 18.8 Å². The van der Waals surface area contributed by atoms with Gasteiger partial charge in [0.25, 0.3) is 8.32 Å². The Labute approximate surface area is 325 Å². The van der Waals surface area contributed by atoms with Gasteiger partial charge < -0.3 is 14.3 Å². The summed E-state index contributed by atoms with van der Waals surface area (Å²) in [6.45, 7) is 7.61. The third-order valence-electron chi connectivity index (χ3n) is 12.2. The molecule has 0 bridgehead atoms. The number of amides is 2. The average molecular weight is 748 g/mol. The molecule has 8 rings (SSSR count). The first-order valence-electron chi connectivity index (χ1n) is 19.4. The molecular formula is C48H49NO5Si. The topological polar surface area (TPSA) is 76.1 Å². The van der Waals surface area contributed by atoms with E-state index in [1.807, 2.05) is 36.4 Å². The van der Waals surface area contributed by atoms with Crippen molar-refractivity contribution in [3.8, 4) is 5.75 Å². The van der Waals surface area contributed by atoms with E-state index in [0.717, 1.165) is 45.0 Å². The molecule has 5 aromatic rings. The van der Waals surface area contributed by atoms with E-state index in [9.17, 15) is 14.7 Å².